The highest BCUT2D eigenvalue weighted by Crippen LogP contribution is 2.39. The highest BCUT2D eigenvalue weighted by atomic mass is 32.2. The van der Waals surface area contributed by atoms with Crippen LogP contribution in [0.25, 0.3) is 0 Å². The van der Waals surface area contributed by atoms with E-state index in [9.17, 15) is 19.2 Å². The Kier molecular flexibility index (Phi) is 5.90. The Labute approximate surface area is 206 Å². The number of oxime groups is 1. The van der Waals surface area contributed by atoms with Gasteiger partial charge in [-0.3, -0.25) is 14.5 Å². The number of thioether (sulfide) groups is 1. The molecule has 3 aliphatic rings. The molecule has 2 amide bonds. The number of carbonyl (C=O) groups is 4. The van der Waals surface area contributed by atoms with Crippen molar-refractivity contribution in [1.29, 1.82) is 0 Å². The number of ether oxygens (including phenoxy) is 2. The SMILES string of the molecule is CON=C(C(=O)NC1C(=O)N2C(C(=O)OC3OC(=O)c4ccccc43)=CCS[C@@H]12)c1csc(N)n1. The number of nitrogens with two attached hydrogens (primary N) is 1. The first kappa shape index (κ1) is 22.9. The van der Waals surface area contributed by atoms with Gasteiger partial charge in [-0.25, -0.2) is 14.6 Å². The number of nitrogen functional groups attached to an aromatic ring is 1. The molecule has 0 bridgehead atoms. The van der Waals surface area contributed by atoms with E-state index >= 15 is 0 Å². The van der Waals surface area contributed by atoms with Crippen LogP contribution in [-0.2, 0) is 28.7 Å². The second-order valence-corrected chi connectivity index (χ2v) is 9.44. The molecule has 1 saturated heterocycles. The van der Waals surface area contributed by atoms with Crippen LogP contribution in [0.4, 0.5) is 5.13 Å². The summed E-state index contributed by atoms with van der Waals surface area (Å²) in [5, 5.41) is 7.58. The lowest BCUT2D eigenvalue weighted by Gasteiger charge is -2.48. The van der Waals surface area contributed by atoms with Crippen LogP contribution in [0.15, 0.2) is 46.6 Å². The molecule has 0 spiro atoms. The molecular weight excluding hydrogens is 498 g/mol. The zero-order valence-corrected chi connectivity index (χ0v) is 19.6. The second kappa shape index (κ2) is 9.03. The van der Waals surface area contributed by atoms with Crippen molar-refractivity contribution in [3.8, 4) is 0 Å². The lowest BCUT2D eigenvalue weighted by Crippen LogP contribution is -2.70. The molecule has 0 radical (unpaired) electrons. The second-order valence-electron chi connectivity index (χ2n) is 7.40. The number of thiazole rings is 1. The molecule has 1 aromatic heterocycles. The summed E-state index contributed by atoms with van der Waals surface area (Å²) in [5.41, 5.74) is 6.47. The maximum Gasteiger partial charge on any atom is 0.358 e. The number of cyclic esters (lactones) is 1. The third-order valence-electron chi connectivity index (χ3n) is 5.37. The number of nitrogens with zero attached hydrogens (tertiary/aromatic N) is 3. The first-order valence-corrected chi connectivity index (χ1v) is 12.1. The van der Waals surface area contributed by atoms with Gasteiger partial charge in [-0.2, -0.15) is 0 Å². The molecule has 1 fully saturated rings. The smallest absolute Gasteiger partial charge is 0.358 e. The largest absolute Gasteiger partial charge is 0.417 e. The number of esters is 2. The third-order valence-corrected chi connectivity index (χ3v) is 7.22. The van der Waals surface area contributed by atoms with E-state index in [2.05, 4.69) is 15.5 Å². The van der Waals surface area contributed by atoms with Gasteiger partial charge < -0.3 is 25.4 Å². The van der Waals surface area contributed by atoms with E-state index < -0.39 is 41.5 Å². The standard InChI is InChI=1S/C21H17N5O7S2/c1-31-25-13(11-8-35-21(22)23-11)15(27)24-14-16(28)26-12(6-7-34-17(14)26)19(30)33-20-10-5-3-2-4-9(10)18(29)32-20/h2-6,8,14,17,20H,7H2,1H3,(H2,22,23)(H,24,27)/t14?,17-,20?/m0/s1. The number of rotatable bonds is 6. The maximum absolute atomic E-state index is 12.9. The highest BCUT2D eigenvalue weighted by molar-refractivity contribution is 8.00. The minimum Gasteiger partial charge on any atom is -0.417 e. The lowest BCUT2D eigenvalue weighted by atomic mass is 10.0. The fraction of sp³-hybridized carbons (Fsp3) is 0.238. The van der Waals surface area contributed by atoms with Crippen molar-refractivity contribution in [3.05, 3.63) is 58.2 Å². The molecule has 35 heavy (non-hydrogen) atoms. The quantitative estimate of drug-likeness (QED) is 0.243. The van der Waals surface area contributed by atoms with Crippen molar-refractivity contribution in [3.63, 3.8) is 0 Å². The summed E-state index contributed by atoms with van der Waals surface area (Å²) in [7, 11) is 1.28. The zero-order chi connectivity index (χ0) is 24.7. The van der Waals surface area contributed by atoms with Gasteiger partial charge in [0.15, 0.2) is 10.8 Å². The Balaban J connectivity index is 1.27. The van der Waals surface area contributed by atoms with Crippen molar-refractivity contribution < 1.29 is 33.5 Å². The van der Waals surface area contributed by atoms with Crippen LogP contribution in [0.3, 0.4) is 0 Å². The monoisotopic (exact) mass is 515 g/mol. The van der Waals surface area contributed by atoms with Crippen LogP contribution in [0.2, 0.25) is 0 Å². The average molecular weight is 516 g/mol. The summed E-state index contributed by atoms with van der Waals surface area (Å²) >= 11 is 2.49. The molecule has 12 nitrogen and oxygen atoms in total. The molecule has 14 heteroatoms. The van der Waals surface area contributed by atoms with E-state index in [1.54, 1.807) is 35.7 Å². The van der Waals surface area contributed by atoms with Crippen LogP contribution in [0, 0.1) is 0 Å². The molecule has 0 aliphatic carbocycles. The van der Waals surface area contributed by atoms with Crippen LogP contribution >= 0.6 is 23.1 Å². The molecule has 2 aromatic rings. The zero-order valence-electron chi connectivity index (χ0n) is 18.0. The number of amides is 2. The molecule has 180 valence electrons. The van der Waals surface area contributed by atoms with Crippen LogP contribution in [0.1, 0.15) is 27.9 Å². The van der Waals surface area contributed by atoms with Gasteiger partial charge in [0, 0.05) is 16.7 Å². The molecule has 1 aromatic carbocycles. The first-order chi connectivity index (χ1) is 16.9. The van der Waals surface area contributed by atoms with Gasteiger partial charge >= 0.3 is 11.9 Å². The van der Waals surface area contributed by atoms with Gasteiger partial charge in [0.2, 0.25) is 0 Å². The summed E-state index contributed by atoms with van der Waals surface area (Å²) in [4.78, 5) is 60.6. The van der Waals surface area contributed by atoms with Crippen molar-refractivity contribution in [2.45, 2.75) is 17.7 Å². The summed E-state index contributed by atoms with van der Waals surface area (Å²) in [5.74, 6) is -2.19. The molecule has 0 saturated carbocycles. The number of benzene rings is 1. The first-order valence-electron chi connectivity index (χ1n) is 10.2. The van der Waals surface area contributed by atoms with E-state index in [4.69, 9.17) is 20.0 Å². The molecule has 5 rings (SSSR count). The topological polar surface area (TPSA) is 163 Å². The van der Waals surface area contributed by atoms with E-state index in [-0.39, 0.29) is 22.2 Å². The summed E-state index contributed by atoms with van der Waals surface area (Å²) < 4.78 is 10.6. The molecule has 3 atom stereocenters. The Hall–Kier alpha value is -3.91. The summed E-state index contributed by atoms with van der Waals surface area (Å²) in [6.45, 7) is 0. The predicted octanol–water partition coefficient (Wildman–Crippen LogP) is 0.772. The molecular formula is C21H17N5O7S2. The minimum absolute atomic E-state index is 0.0164. The third kappa shape index (κ3) is 4.00. The number of fused-ring (bicyclic) bond motifs is 2. The Morgan fingerprint density at radius 2 is 2.11 bits per heavy atom. The number of β-lactam (4-membered cyclic amide) rings is 1. The van der Waals surface area contributed by atoms with Gasteiger partial charge in [-0.05, 0) is 12.1 Å². The maximum atomic E-state index is 12.9. The van der Waals surface area contributed by atoms with Crippen molar-refractivity contribution in [1.82, 2.24) is 15.2 Å². The summed E-state index contributed by atoms with van der Waals surface area (Å²) in [6, 6.07) is 5.66. The number of anilines is 1. The van der Waals surface area contributed by atoms with Crippen LogP contribution in [-0.4, -0.2) is 63.6 Å². The number of carbonyl (C=O) groups excluding carboxylic acids is 4. The van der Waals surface area contributed by atoms with Gasteiger partial charge in [-0.1, -0.05) is 23.4 Å². The van der Waals surface area contributed by atoms with Crippen molar-refractivity contribution in [2.75, 3.05) is 18.6 Å². The number of hydrogen-bond donors (Lipinski definition) is 2. The van der Waals surface area contributed by atoms with Crippen molar-refractivity contribution in [2.24, 2.45) is 5.16 Å². The van der Waals surface area contributed by atoms with Gasteiger partial charge in [0.05, 0.1) is 5.56 Å². The van der Waals surface area contributed by atoms with Gasteiger partial charge in [0.1, 0.15) is 29.9 Å². The van der Waals surface area contributed by atoms with Crippen LogP contribution in [0.5, 0.6) is 0 Å². The normalized spacial score (nSPS) is 22.9. The van der Waals surface area contributed by atoms with E-state index in [0.29, 0.717) is 16.9 Å². The fourth-order valence-corrected chi connectivity index (χ4v) is 5.53. The Morgan fingerprint density at radius 1 is 1.31 bits per heavy atom. The Morgan fingerprint density at radius 3 is 2.86 bits per heavy atom. The molecule has 2 unspecified atom stereocenters. The fourth-order valence-electron chi connectivity index (χ4n) is 3.79. The Bertz CT molecular complexity index is 1310. The molecule has 3 N–H and O–H groups in total. The number of aromatic nitrogens is 1. The predicted molar refractivity (Wildman–Crippen MR) is 124 cm³/mol. The summed E-state index contributed by atoms with van der Waals surface area (Å²) in [6.07, 6.45) is 0.350. The minimum atomic E-state index is -1.20. The average Bonchev–Trinajstić information content (AvgIpc) is 3.43. The molecule has 4 heterocycles. The van der Waals surface area contributed by atoms with E-state index in [0.717, 1.165) is 11.3 Å². The lowest BCUT2D eigenvalue weighted by molar-refractivity contribution is -0.168. The van der Waals surface area contributed by atoms with Crippen LogP contribution < -0.4 is 11.1 Å². The van der Waals surface area contributed by atoms with Gasteiger partial charge in [0.25, 0.3) is 18.1 Å². The van der Waals surface area contributed by atoms with Crippen molar-refractivity contribution >= 4 is 57.7 Å². The number of hydrogen-bond acceptors (Lipinski definition) is 12. The van der Waals surface area contributed by atoms with E-state index in [1.165, 1.54) is 23.8 Å². The van der Waals surface area contributed by atoms with Gasteiger partial charge in [-0.15, -0.1) is 23.1 Å². The highest BCUT2D eigenvalue weighted by Gasteiger charge is 2.53. The van der Waals surface area contributed by atoms with E-state index in [1.807, 2.05) is 0 Å². The number of nitrogens with one attached hydrogen (secondary N) is 1. The molecule has 3 aliphatic heterocycles.